The minimum absolute atomic E-state index is 0.0184. The number of aliphatic carboxylic acids is 1. The zero-order valence-electron chi connectivity index (χ0n) is 36.2. The second-order valence-corrected chi connectivity index (χ2v) is 16.2. The van der Waals surface area contributed by atoms with Gasteiger partial charge in [0.1, 0.15) is 110 Å². The summed E-state index contributed by atoms with van der Waals surface area (Å²) in [5.41, 5.74) is -0.235. The summed E-state index contributed by atoms with van der Waals surface area (Å²) in [6.07, 6.45) is -27.0. The fourth-order valence-electron chi connectivity index (χ4n) is 7.49. The number of phenols is 2. The lowest BCUT2D eigenvalue weighted by Crippen LogP contribution is -2.65. The van der Waals surface area contributed by atoms with Crippen molar-refractivity contribution in [3.05, 3.63) is 88.6 Å². The largest absolute Gasteiger partial charge is 0.508 e. The molecule has 3 saturated heterocycles. The lowest BCUT2D eigenvalue weighted by atomic mass is 9.97. The van der Waals surface area contributed by atoms with Gasteiger partial charge in [0.05, 0.1) is 12.2 Å². The quantitative estimate of drug-likeness (QED) is 0.0309. The maximum absolute atomic E-state index is 13.1. The molecule has 3 fully saturated rings. The molecule has 4 aliphatic heterocycles. The van der Waals surface area contributed by atoms with Gasteiger partial charge in [0.2, 0.25) is 12.6 Å². The molecule has 1 aliphatic carbocycles. The van der Waals surface area contributed by atoms with Gasteiger partial charge in [-0.2, -0.15) is 0 Å². The third-order valence-electron chi connectivity index (χ3n) is 11.3. The summed E-state index contributed by atoms with van der Waals surface area (Å²) in [5.74, 6) is -5.14. The first kappa shape index (κ1) is 51.5. The van der Waals surface area contributed by atoms with E-state index in [1.165, 1.54) is 60.7 Å². The first-order valence-corrected chi connectivity index (χ1v) is 21.2. The number of ether oxygens (including phenoxy) is 8. The van der Waals surface area contributed by atoms with Gasteiger partial charge >= 0.3 is 17.9 Å². The predicted octanol–water partition coefficient (Wildman–Crippen LogP) is -2.71. The molecule has 7 rings (SSSR count). The molecule has 4 heterocycles. The fourth-order valence-corrected chi connectivity index (χ4v) is 7.49. The van der Waals surface area contributed by atoms with Crippen LogP contribution in [0.5, 0.6) is 23.0 Å². The Labute approximate surface area is 394 Å². The van der Waals surface area contributed by atoms with Crippen LogP contribution in [0.2, 0.25) is 0 Å². The Bertz CT molecular complexity index is 2490. The van der Waals surface area contributed by atoms with E-state index < -0.39 is 147 Å². The zero-order valence-corrected chi connectivity index (χ0v) is 36.2. The lowest BCUT2D eigenvalue weighted by molar-refractivity contribution is -0.357. The second kappa shape index (κ2) is 22.2. The van der Waals surface area contributed by atoms with E-state index in [-0.39, 0.29) is 39.9 Å². The number of carboxylic acids is 1. The molecule has 25 nitrogen and oxygen atoms in total. The van der Waals surface area contributed by atoms with Gasteiger partial charge in [-0.05, 0) is 54.1 Å². The molecule has 0 saturated carbocycles. The molecule has 0 radical (unpaired) electrons. The Morgan fingerprint density at radius 2 is 1.17 bits per heavy atom. The van der Waals surface area contributed by atoms with Crippen LogP contribution < -0.4 is 14.9 Å². The van der Waals surface area contributed by atoms with Gasteiger partial charge in [-0.3, -0.25) is 14.4 Å². The van der Waals surface area contributed by atoms with Crippen LogP contribution in [-0.2, 0) is 42.8 Å². The summed E-state index contributed by atoms with van der Waals surface area (Å²) in [5, 5.41) is 125. The minimum atomic E-state index is -2.08. The SMILES string of the molecule is O=C(O)CC(=O)OC[C@H]1O[C@@H](Oc2cc(=O)cc3oc(-c4ccc(O)cc4)c(O[C@@H]4O[C@H](COC(=O)C=Cc5ccc(O)cc5)[C@@H](O)[C@H](O)[C@H]4O[C@@H]4O[C@H](CO)[C@@H](O)[C@H](O)[C@H]4O)cc2-3)[C@H](O)[C@@H](O)[C@@H]1O. The Morgan fingerprint density at radius 3 is 1.81 bits per heavy atom. The van der Waals surface area contributed by atoms with Crippen molar-refractivity contribution in [1.29, 1.82) is 0 Å². The topological polar surface area (TPSA) is 398 Å². The summed E-state index contributed by atoms with van der Waals surface area (Å²) in [4.78, 5) is 48.8. The molecule has 25 heteroatoms. The standard InChI is InChI=1S/C45H48O25/c46-15-27-33(54)36(57)40(61)44(67-27)70-42-38(59)35(56)29(16-62-31(52)10-3-18-1-6-20(47)7-2-18)69-45(42)66-26-13-23-24(64-41(26)19-4-8-21(48)9-5-19)11-22(49)12-25(23)65-43-39(60)37(58)34(55)28(68-43)17-63-32(53)14-30(50)51/h1-13,27-29,33-40,42-48,54-61H,14-17H2,(H,50,51)/t27-,28-,29-,33-,34-,35-,36+,37+,38+,39-,40-,42-,43-,44+,45-/m1/s1. The number of carboxylic acid groups (broad SMARTS) is 1. The molecule has 5 aliphatic rings. The van der Waals surface area contributed by atoms with Crippen LogP contribution in [0.1, 0.15) is 12.0 Å². The van der Waals surface area contributed by atoms with Crippen molar-refractivity contribution >= 4 is 24.0 Å². The molecule has 12 N–H and O–H groups in total. The van der Waals surface area contributed by atoms with Gasteiger partial charge in [-0.15, -0.1) is 0 Å². The van der Waals surface area contributed by atoms with Crippen molar-refractivity contribution in [2.45, 2.75) is 98.5 Å². The van der Waals surface area contributed by atoms with Crippen LogP contribution in [0.15, 0.2) is 82.0 Å². The van der Waals surface area contributed by atoms with Crippen molar-refractivity contribution in [2.24, 2.45) is 0 Å². The average Bonchev–Trinajstić information content (AvgIpc) is 3.32. The van der Waals surface area contributed by atoms with Crippen molar-refractivity contribution in [1.82, 2.24) is 0 Å². The molecule has 0 amide bonds. The molecule has 0 spiro atoms. The number of rotatable bonds is 16. The highest BCUT2D eigenvalue weighted by Gasteiger charge is 2.52. The molecule has 378 valence electrons. The number of aliphatic hydroxyl groups excluding tert-OH is 9. The number of aliphatic hydroxyl groups is 9. The van der Waals surface area contributed by atoms with Crippen molar-refractivity contribution in [2.75, 3.05) is 19.8 Å². The smallest absolute Gasteiger partial charge is 0.330 e. The Morgan fingerprint density at radius 1 is 0.614 bits per heavy atom. The second-order valence-electron chi connectivity index (χ2n) is 16.2. The molecule has 2 aromatic rings. The van der Waals surface area contributed by atoms with Crippen LogP contribution in [0.25, 0.3) is 28.7 Å². The number of hydrogen-bond acceptors (Lipinski definition) is 24. The molecule has 0 aromatic heterocycles. The predicted molar refractivity (Wildman–Crippen MR) is 227 cm³/mol. The van der Waals surface area contributed by atoms with Crippen LogP contribution in [0.4, 0.5) is 0 Å². The van der Waals surface area contributed by atoms with Crippen LogP contribution >= 0.6 is 0 Å². The molecule has 2 aromatic carbocycles. The van der Waals surface area contributed by atoms with Crippen molar-refractivity contribution < 1.29 is 118 Å². The fraction of sp³-hybridized carbons (Fsp3) is 0.422. The highest BCUT2D eigenvalue weighted by atomic mass is 16.8. The number of hydrogen-bond donors (Lipinski definition) is 12. The first-order chi connectivity index (χ1) is 33.3. The van der Waals surface area contributed by atoms with Crippen molar-refractivity contribution in [3.8, 4) is 45.6 Å². The monoisotopic (exact) mass is 988 g/mol. The summed E-state index contributed by atoms with van der Waals surface area (Å²) in [6.45, 7) is -2.43. The van der Waals surface area contributed by atoms with E-state index in [1.54, 1.807) is 0 Å². The molecule has 0 unspecified atom stereocenters. The van der Waals surface area contributed by atoms with E-state index in [4.69, 9.17) is 47.4 Å². The summed E-state index contributed by atoms with van der Waals surface area (Å²) in [6, 6.07) is 14.1. The zero-order chi connectivity index (χ0) is 50.6. The van der Waals surface area contributed by atoms with E-state index in [0.29, 0.717) is 5.56 Å². The maximum Gasteiger partial charge on any atom is 0.330 e. The van der Waals surface area contributed by atoms with Crippen molar-refractivity contribution in [3.63, 3.8) is 0 Å². The van der Waals surface area contributed by atoms with Crippen LogP contribution in [0, 0.1) is 0 Å². The highest BCUT2D eigenvalue weighted by Crippen LogP contribution is 2.43. The number of esters is 2. The Balaban J connectivity index is 1.24. The average molecular weight is 989 g/mol. The van der Waals surface area contributed by atoms with Crippen LogP contribution in [0.3, 0.4) is 0 Å². The number of phenolic OH excluding ortho intramolecular Hbond substituents is 2. The number of carbonyl (C=O) groups is 3. The Hall–Kier alpha value is -6.30. The summed E-state index contributed by atoms with van der Waals surface area (Å²) in [7, 11) is 0. The molecule has 70 heavy (non-hydrogen) atoms. The van der Waals surface area contributed by atoms with Crippen LogP contribution in [-0.4, -0.2) is 191 Å². The molecular weight excluding hydrogens is 940 g/mol. The third kappa shape index (κ3) is 11.8. The Kier molecular flexibility index (Phi) is 16.3. The number of benzene rings is 3. The number of aromatic hydroxyl groups is 2. The highest BCUT2D eigenvalue weighted by molar-refractivity contribution is 5.90. The van der Waals surface area contributed by atoms with Gasteiger partial charge < -0.3 is 104 Å². The van der Waals surface area contributed by atoms with E-state index in [0.717, 1.165) is 18.2 Å². The van der Waals surface area contributed by atoms with E-state index in [1.807, 2.05) is 0 Å². The van der Waals surface area contributed by atoms with E-state index >= 15 is 0 Å². The van der Waals surface area contributed by atoms with E-state index in [9.17, 15) is 75.3 Å². The van der Waals surface area contributed by atoms with Gasteiger partial charge in [0.15, 0.2) is 29.3 Å². The third-order valence-corrected chi connectivity index (χ3v) is 11.3. The summed E-state index contributed by atoms with van der Waals surface area (Å²) < 4.78 is 51.7. The summed E-state index contributed by atoms with van der Waals surface area (Å²) >= 11 is 0. The molecule has 0 bridgehead atoms. The first-order valence-electron chi connectivity index (χ1n) is 21.2. The lowest BCUT2D eigenvalue weighted by Gasteiger charge is -2.46. The van der Waals surface area contributed by atoms with E-state index in [2.05, 4.69) is 0 Å². The van der Waals surface area contributed by atoms with Gasteiger partial charge in [0.25, 0.3) is 0 Å². The minimum Gasteiger partial charge on any atom is -0.508 e. The normalized spacial score (nSPS) is 31.2. The molecular formula is C45H48O25. The van der Waals surface area contributed by atoms with Gasteiger partial charge in [-0.25, -0.2) is 4.79 Å². The van der Waals surface area contributed by atoms with Gasteiger partial charge in [0, 0.05) is 23.8 Å². The molecule has 15 atom stereocenters. The maximum atomic E-state index is 13.1. The number of carbonyl (C=O) groups excluding carboxylic acids is 2. The number of fused-ring (bicyclic) bond motifs is 1. The van der Waals surface area contributed by atoms with Gasteiger partial charge in [-0.1, -0.05) is 12.1 Å².